The summed E-state index contributed by atoms with van der Waals surface area (Å²) in [6.07, 6.45) is 7.57. The first kappa shape index (κ1) is 17.3. The van der Waals surface area contributed by atoms with E-state index in [0.29, 0.717) is 36.2 Å². The van der Waals surface area contributed by atoms with Gasteiger partial charge >= 0.3 is 0 Å². The van der Waals surface area contributed by atoms with Crippen molar-refractivity contribution in [2.75, 3.05) is 13.1 Å². The molecule has 0 atom stereocenters. The quantitative estimate of drug-likeness (QED) is 0.706. The van der Waals surface area contributed by atoms with Crippen LogP contribution in [0.25, 0.3) is 10.9 Å². The number of piperidine rings is 1. The van der Waals surface area contributed by atoms with Crippen molar-refractivity contribution < 1.29 is 9.18 Å². The standard InChI is InChI=1S/C19H18FN5O2/c20-14-1-2-15-16(9-14)23-12-25(18(15)26)11-13-3-7-24(8-4-13)19(27)17-10-21-5-6-22-17/h1-2,5-6,9-10,12-13H,3-4,7-8,11H2. The Balaban J connectivity index is 1.43. The molecule has 1 saturated heterocycles. The Bertz CT molecular complexity index is 1030. The Morgan fingerprint density at radius 2 is 2.00 bits per heavy atom. The number of fused-ring (bicyclic) bond motifs is 1. The molecule has 0 saturated carbocycles. The normalized spacial score (nSPS) is 15.2. The fraction of sp³-hybridized carbons (Fsp3) is 0.316. The van der Waals surface area contributed by atoms with Crippen LogP contribution >= 0.6 is 0 Å². The predicted octanol–water partition coefficient (Wildman–Crippen LogP) is 1.88. The predicted molar refractivity (Wildman–Crippen MR) is 96.6 cm³/mol. The second-order valence-electron chi connectivity index (χ2n) is 6.69. The van der Waals surface area contributed by atoms with E-state index in [2.05, 4.69) is 15.0 Å². The van der Waals surface area contributed by atoms with E-state index in [1.807, 2.05) is 0 Å². The van der Waals surface area contributed by atoms with Crippen LogP contribution in [-0.4, -0.2) is 43.4 Å². The highest BCUT2D eigenvalue weighted by Gasteiger charge is 2.25. The molecule has 1 fully saturated rings. The van der Waals surface area contributed by atoms with Gasteiger partial charge in [0.05, 0.1) is 23.4 Å². The van der Waals surface area contributed by atoms with Gasteiger partial charge in [0.1, 0.15) is 11.5 Å². The van der Waals surface area contributed by atoms with E-state index in [4.69, 9.17) is 0 Å². The second-order valence-corrected chi connectivity index (χ2v) is 6.69. The monoisotopic (exact) mass is 367 g/mol. The van der Waals surface area contributed by atoms with E-state index in [1.165, 1.54) is 43.1 Å². The number of carbonyl (C=O) groups excluding carboxylic acids is 1. The lowest BCUT2D eigenvalue weighted by Gasteiger charge is -2.32. The van der Waals surface area contributed by atoms with Crippen molar-refractivity contribution in [3.05, 3.63) is 65.0 Å². The molecule has 0 radical (unpaired) electrons. The molecule has 0 bridgehead atoms. The summed E-state index contributed by atoms with van der Waals surface area (Å²) < 4.78 is 14.9. The third kappa shape index (κ3) is 3.55. The van der Waals surface area contributed by atoms with Crippen molar-refractivity contribution in [2.24, 2.45) is 5.92 Å². The maximum Gasteiger partial charge on any atom is 0.274 e. The number of hydrogen-bond donors (Lipinski definition) is 0. The molecule has 1 amide bonds. The SMILES string of the molecule is O=C(c1cnccn1)N1CCC(Cn2cnc3cc(F)ccc3c2=O)CC1. The number of carbonyl (C=O) groups is 1. The fourth-order valence-corrected chi connectivity index (χ4v) is 3.43. The Kier molecular flexibility index (Phi) is 4.62. The first-order valence-corrected chi connectivity index (χ1v) is 8.82. The molecule has 27 heavy (non-hydrogen) atoms. The zero-order valence-corrected chi connectivity index (χ0v) is 14.6. The number of benzene rings is 1. The first-order chi connectivity index (χ1) is 13.1. The topological polar surface area (TPSA) is 81.0 Å². The number of likely N-dealkylation sites (tertiary alicyclic amines) is 1. The van der Waals surface area contributed by atoms with Gasteiger partial charge in [-0.05, 0) is 30.9 Å². The number of amides is 1. The fourth-order valence-electron chi connectivity index (χ4n) is 3.43. The average molecular weight is 367 g/mol. The number of aromatic nitrogens is 4. The second kappa shape index (κ2) is 7.22. The molecule has 138 valence electrons. The van der Waals surface area contributed by atoms with Gasteiger partial charge in [-0.2, -0.15) is 0 Å². The highest BCUT2D eigenvalue weighted by atomic mass is 19.1. The molecule has 8 heteroatoms. The molecule has 0 N–H and O–H groups in total. The summed E-state index contributed by atoms with van der Waals surface area (Å²) in [5, 5.41) is 0.411. The van der Waals surface area contributed by atoms with Gasteiger partial charge in [-0.1, -0.05) is 0 Å². The molecule has 1 aromatic carbocycles. The van der Waals surface area contributed by atoms with Crippen molar-refractivity contribution in [3.63, 3.8) is 0 Å². The van der Waals surface area contributed by atoms with Crippen LogP contribution in [0.4, 0.5) is 4.39 Å². The summed E-state index contributed by atoms with van der Waals surface area (Å²) in [5.74, 6) is -0.256. The third-order valence-electron chi connectivity index (χ3n) is 4.93. The van der Waals surface area contributed by atoms with Crippen molar-refractivity contribution >= 4 is 16.8 Å². The lowest BCUT2D eigenvalue weighted by atomic mass is 9.96. The number of hydrogen-bond acceptors (Lipinski definition) is 5. The van der Waals surface area contributed by atoms with Crippen molar-refractivity contribution in [3.8, 4) is 0 Å². The van der Waals surface area contributed by atoms with Crippen LogP contribution in [0.1, 0.15) is 23.3 Å². The van der Waals surface area contributed by atoms with Gasteiger partial charge < -0.3 is 4.90 Å². The number of nitrogens with zero attached hydrogens (tertiary/aromatic N) is 5. The summed E-state index contributed by atoms with van der Waals surface area (Å²) in [7, 11) is 0. The van der Waals surface area contributed by atoms with Gasteiger partial charge in [-0.3, -0.25) is 19.1 Å². The largest absolute Gasteiger partial charge is 0.337 e. The lowest BCUT2D eigenvalue weighted by molar-refractivity contribution is 0.0676. The minimum absolute atomic E-state index is 0.117. The molecule has 4 rings (SSSR count). The van der Waals surface area contributed by atoms with E-state index in [9.17, 15) is 14.0 Å². The number of halogens is 1. The van der Waals surface area contributed by atoms with E-state index < -0.39 is 5.82 Å². The minimum Gasteiger partial charge on any atom is -0.337 e. The molecule has 1 aliphatic heterocycles. The van der Waals surface area contributed by atoms with Crippen molar-refractivity contribution in [1.82, 2.24) is 24.4 Å². The van der Waals surface area contributed by atoms with Gasteiger partial charge in [0, 0.05) is 38.1 Å². The number of rotatable bonds is 3. The lowest BCUT2D eigenvalue weighted by Crippen LogP contribution is -2.40. The van der Waals surface area contributed by atoms with Gasteiger partial charge in [0.15, 0.2) is 0 Å². The summed E-state index contributed by atoms with van der Waals surface area (Å²) in [5.41, 5.74) is 0.539. The Labute approximate surface area is 154 Å². The molecule has 1 aliphatic rings. The summed E-state index contributed by atoms with van der Waals surface area (Å²) in [6, 6.07) is 4.00. The van der Waals surface area contributed by atoms with Gasteiger partial charge in [0.2, 0.25) is 0 Å². The molecule has 0 unspecified atom stereocenters. The molecule has 0 aliphatic carbocycles. The van der Waals surface area contributed by atoms with Crippen LogP contribution in [-0.2, 0) is 6.54 Å². The van der Waals surface area contributed by atoms with Crippen LogP contribution in [0.15, 0.2) is 47.9 Å². The molecule has 3 aromatic rings. The molecule has 3 heterocycles. The van der Waals surface area contributed by atoms with Crippen LogP contribution in [0.3, 0.4) is 0 Å². The Hall–Kier alpha value is -3.16. The Morgan fingerprint density at radius 3 is 2.74 bits per heavy atom. The van der Waals surface area contributed by atoms with Crippen molar-refractivity contribution in [1.29, 1.82) is 0 Å². The van der Waals surface area contributed by atoms with Gasteiger partial charge in [0.25, 0.3) is 11.5 Å². The maximum absolute atomic E-state index is 13.3. The van der Waals surface area contributed by atoms with E-state index in [-0.39, 0.29) is 17.4 Å². The highest BCUT2D eigenvalue weighted by molar-refractivity contribution is 5.92. The third-order valence-corrected chi connectivity index (χ3v) is 4.93. The summed E-state index contributed by atoms with van der Waals surface area (Å²) in [6.45, 7) is 1.76. The first-order valence-electron chi connectivity index (χ1n) is 8.82. The summed E-state index contributed by atoms with van der Waals surface area (Å²) >= 11 is 0. The molecule has 7 nitrogen and oxygen atoms in total. The molecule has 0 spiro atoms. The summed E-state index contributed by atoms with van der Waals surface area (Å²) in [4.78, 5) is 39.0. The highest BCUT2D eigenvalue weighted by Crippen LogP contribution is 2.20. The van der Waals surface area contributed by atoms with E-state index in [0.717, 1.165) is 12.8 Å². The van der Waals surface area contributed by atoms with Crippen molar-refractivity contribution in [2.45, 2.75) is 19.4 Å². The van der Waals surface area contributed by atoms with E-state index in [1.54, 1.807) is 9.47 Å². The molecular weight excluding hydrogens is 349 g/mol. The van der Waals surface area contributed by atoms with E-state index >= 15 is 0 Å². The van der Waals surface area contributed by atoms with Gasteiger partial charge in [-0.15, -0.1) is 0 Å². The van der Waals surface area contributed by atoms with Crippen LogP contribution in [0, 0.1) is 11.7 Å². The minimum atomic E-state index is -0.410. The molecule has 2 aromatic heterocycles. The molecular formula is C19H18FN5O2. The zero-order chi connectivity index (χ0) is 18.8. The maximum atomic E-state index is 13.3. The van der Waals surface area contributed by atoms with Crippen LogP contribution in [0.5, 0.6) is 0 Å². The van der Waals surface area contributed by atoms with Gasteiger partial charge in [-0.25, -0.2) is 14.4 Å². The average Bonchev–Trinajstić information content (AvgIpc) is 2.71. The van der Waals surface area contributed by atoms with Crippen LogP contribution in [0.2, 0.25) is 0 Å². The van der Waals surface area contributed by atoms with Crippen LogP contribution < -0.4 is 5.56 Å². The zero-order valence-electron chi connectivity index (χ0n) is 14.6. The smallest absolute Gasteiger partial charge is 0.274 e. The Morgan fingerprint density at radius 1 is 1.19 bits per heavy atom.